The lowest BCUT2D eigenvalue weighted by atomic mass is 9.78. The third kappa shape index (κ3) is 3.13. The van der Waals surface area contributed by atoms with Gasteiger partial charge >= 0.3 is 5.97 Å². The molecule has 0 aromatic heterocycles. The number of carboxylic acids is 1. The largest absolute Gasteiger partial charge is 0.507 e. The fourth-order valence-corrected chi connectivity index (χ4v) is 4.24. The highest BCUT2D eigenvalue weighted by atomic mass is 16.4. The number of carbonyl (C=O) groups is 1. The van der Waals surface area contributed by atoms with Gasteiger partial charge in [0.25, 0.3) is 0 Å². The number of carboxylic acid groups (broad SMARTS) is 1. The summed E-state index contributed by atoms with van der Waals surface area (Å²) in [7, 11) is 0. The van der Waals surface area contributed by atoms with Crippen LogP contribution < -0.4 is 0 Å². The van der Waals surface area contributed by atoms with Gasteiger partial charge in [-0.05, 0) is 54.7 Å². The van der Waals surface area contributed by atoms with Crippen LogP contribution in [0.25, 0.3) is 0 Å². The Bertz CT molecular complexity index is 538. The Hall–Kier alpha value is -1.51. The van der Waals surface area contributed by atoms with Gasteiger partial charge in [-0.1, -0.05) is 44.6 Å². The molecule has 1 aromatic rings. The molecule has 0 bridgehead atoms. The molecule has 3 heteroatoms. The fraction of sp³-hybridized carbons (Fsp3) is 0.632. The molecular formula is C19H26O3. The molecule has 0 radical (unpaired) electrons. The van der Waals surface area contributed by atoms with Gasteiger partial charge in [0.2, 0.25) is 0 Å². The first-order valence-electron chi connectivity index (χ1n) is 8.77. The molecule has 0 amide bonds. The highest BCUT2D eigenvalue weighted by molar-refractivity contribution is 5.91. The molecule has 3 nitrogen and oxygen atoms in total. The topological polar surface area (TPSA) is 57.5 Å². The number of hydrogen-bond acceptors (Lipinski definition) is 2. The molecule has 2 aliphatic carbocycles. The van der Waals surface area contributed by atoms with E-state index in [9.17, 15) is 15.0 Å². The normalized spacial score (nSPS) is 20.9. The summed E-state index contributed by atoms with van der Waals surface area (Å²) in [5.74, 6) is -0.198. The molecule has 2 aliphatic rings. The second kappa shape index (κ2) is 6.72. The van der Waals surface area contributed by atoms with Crippen LogP contribution in [0.3, 0.4) is 0 Å². The van der Waals surface area contributed by atoms with Gasteiger partial charge in [-0.15, -0.1) is 0 Å². The maximum Gasteiger partial charge on any atom is 0.339 e. The van der Waals surface area contributed by atoms with Crippen molar-refractivity contribution in [3.63, 3.8) is 0 Å². The number of benzene rings is 1. The maximum absolute atomic E-state index is 11.5. The minimum absolute atomic E-state index is 0.0129. The third-order valence-electron chi connectivity index (χ3n) is 5.51. The molecule has 3 rings (SSSR count). The zero-order valence-electron chi connectivity index (χ0n) is 13.2. The molecule has 0 heterocycles. The lowest BCUT2D eigenvalue weighted by Gasteiger charge is -2.27. The molecular weight excluding hydrogens is 276 g/mol. The Labute approximate surface area is 132 Å². The molecule has 2 N–H and O–H groups in total. The second-order valence-corrected chi connectivity index (χ2v) is 6.98. The van der Waals surface area contributed by atoms with E-state index in [0.29, 0.717) is 11.8 Å². The number of aromatic carboxylic acids is 1. The van der Waals surface area contributed by atoms with Gasteiger partial charge in [0.15, 0.2) is 0 Å². The first-order chi connectivity index (χ1) is 10.7. The van der Waals surface area contributed by atoms with E-state index in [1.165, 1.54) is 38.5 Å². The molecule has 0 unspecified atom stereocenters. The van der Waals surface area contributed by atoms with Crippen molar-refractivity contribution >= 4 is 5.97 Å². The molecule has 1 aromatic carbocycles. The molecule has 22 heavy (non-hydrogen) atoms. The standard InChI is InChI=1S/C19H26O3/c20-18-16(14-9-5-2-6-10-14)11-15(12-17(18)19(21)22)13-7-3-1-4-8-13/h11-14,20H,1-10H2,(H,21,22). The predicted molar refractivity (Wildman–Crippen MR) is 86.7 cm³/mol. The fourth-order valence-electron chi connectivity index (χ4n) is 4.24. The number of aromatic hydroxyl groups is 1. The van der Waals surface area contributed by atoms with Crippen molar-refractivity contribution in [1.29, 1.82) is 0 Å². The smallest absolute Gasteiger partial charge is 0.339 e. The Balaban J connectivity index is 1.99. The molecule has 0 spiro atoms. The van der Waals surface area contributed by atoms with Gasteiger partial charge in [0, 0.05) is 0 Å². The highest BCUT2D eigenvalue weighted by Gasteiger charge is 2.26. The van der Waals surface area contributed by atoms with Crippen LogP contribution in [0.1, 0.15) is 97.5 Å². The molecule has 0 saturated heterocycles. The summed E-state index contributed by atoms with van der Waals surface area (Å²) in [4.78, 5) is 11.5. The first-order valence-corrected chi connectivity index (χ1v) is 8.77. The monoisotopic (exact) mass is 302 g/mol. The van der Waals surface area contributed by atoms with E-state index in [0.717, 1.165) is 36.8 Å². The van der Waals surface area contributed by atoms with Crippen LogP contribution in [0.15, 0.2) is 12.1 Å². The molecule has 2 saturated carbocycles. The van der Waals surface area contributed by atoms with Gasteiger partial charge in [0.05, 0.1) is 0 Å². The Morgan fingerprint density at radius 1 is 0.864 bits per heavy atom. The van der Waals surface area contributed by atoms with Crippen LogP contribution in [0, 0.1) is 0 Å². The Morgan fingerprint density at radius 3 is 1.95 bits per heavy atom. The van der Waals surface area contributed by atoms with Gasteiger partial charge in [-0.25, -0.2) is 4.79 Å². The minimum atomic E-state index is -1.01. The maximum atomic E-state index is 11.5. The van der Waals surface area contributed by atoms with E-state index >= 15 is 0 Å². The first kappa shape index (κ1) is 15.4. The zero-order chi connectivity index (χ0) is 15.5. The SMILES string of the molecule is O=C(O)c1cc(C2CCCCC2)cc(C2CCCCC2)c1O. The van der Waals surface area contributed by atoms with Crippen molar-refractivity contribution in [2.75, 3.05) is 0 Å². The average Bonchev–Trinajstić information content (AvgIpc) is 2.56. The van der Waals surface area contributed by atoms with Crippen molar-refractivity contribution in [3.8, 4) is 5.75 Å². The Morgan fingerprint density at radius 2 is 1.41 bits per heavy atom. The summed E-state index contributed by atoms with van der Waals surface area (Å²) in [6.07, 6.45) is 11.8. The summed E-state index contributed by atoms with van der Waals surface area (Å²) in [5.41, 5.74) is 2.12. The van der Waals surface area contributed by atoms with Crippen LogP contribution in [-0.2, 0) is 0 Å². The third-order valence-corrected chi connectivity index (χ3v) is 5.51. The van der Waals surface area contributed by atoms with Crippen molar-refractivity contribution in [2.45, 2.75) is 76.0 Å². The van der Waals surface area contributed by atoms with Gasteiger partial charge < -0.3 is 10.2 Å². The molecule has 0 atom stereocenters. The van der Waals surface area contributed by atoms with E-state index in [1.54, 1.807) is 6.07 Å². The lowest BCUT2D eigenvalue weighted by Crippen LogP contribution is -2.11. The van der Waals surface area contributed by atoms with Crippen LogP contribution in [-0.4, -0.2) is 16.2 Å². The van der Waals surface area contributed by atoms with Crippen LogP contribution in [0.5, 0.6) is 5.75 Å². The zero-order valence-corrected chi connectivity index (χ0v) is 13.2. The summed E-state index contributed by atoms with van der Waals surface area (Å²) in [6.45, 7) is 0. The van der Waals surface area contributed by atoms with Gasteiger partial charge in [0.1, 0.15) is 11.3 Å². The van der Waals surface area contributed by atoms with Crippen LogP contribution in [0.2, 0.25) is 0 Å². The number of rotatable bonds is 3. The number of phenols is 1. The summed E-state index contributed by atoms with van der Waals surface area (Å²) in [5, 5.41) is 19.9. The summed E-state index contributed by atoms with van der Waals surface area (Å²) >= 11 is 0. The van der Waals surface area contributed by atoms with Crippen LogP contribution in [0.4, 0.5) is 0 Å². The van der Waals surface area contributed by atoms with E-state index < -0.39 is 5.97 Å². The predicted octanol–water partition coefficient (Wildman–Crippen LogP) is 5.19. The van der Waals surface area contributed by atoms with Crippen molar-refractivity contribution in [1.82, 2.24) is 0 Å². The molecule has 2 fully saturated rings. The quantitative estimate of drug-likeness (QED) is 0.808. The molecule has 120 valence electrons. The van der Waals surface area contributed by atoms with Crippen molar-refractivity contribution in [2.24, 2.45) is 0 Å². The van der Waals surface area contributed by atoms with Crippen LogP contribution >= 0.6 is 0 Å². The highest BCUT2D eigenvalue weighted by Crippen LogP contribution is 2.42. The number of hydrogen-bond donors (Lipinski definition) is 2. The van der Waals surface area contributed by atoms with E-state index in [2.05, 4.69) is 6.07 Å². The molecule has 0 aliphatic heterocycles. The van der Waals surface area contributed by atoms with Gasteiger partial charge in [-0.2, -0.15) is 0 Å². The second-order valence-electron chi connectivity index (χ2n) is 6.98. The van der Waals surface area contributed by atoms with Crippen molar-refractivity contribution in [3.05, 3.63) is 28.8 Å². The summed E-state index contributed by atoms with van der Waals surface area (Å²) in [6, 6.07) is 3.84. The average molecular weight is 302 g/mol. The Kier molecular flexibility index (Phi) is 4.70. The summed E-state index contributed by atoms with van der Waals surface area (Å²) < 4.78 is 0. The van der Waals surface area contributed by atoms with E-state index in [1.807, 2.05) is 0 Å². The van der Waals surface area contributed by atoms with E-state index in [-0.39, 0.29) is 11.3 Å². The lowest BCUT2D eigenvalue weighted by molar-refractivity contribution is 0.0693. The minimum Gasteiger partial charge on any atom is -0.507 e. The van der Waals surface area contributed by atoms with Crippen molar-refractivity contribution < 1.29 is 15.0 Å². The van der Waals surface area contributed by atoms with Gasteiger partial charge in [-0.3, -0.25) is 0 Å². The van der Waals surface area contributed by atoms with E-state index in [4.69, 9.17) is 0 Å².